The summed E-state index contributed by atoms with van der Waals surface area (Å²) in [6.45, 7) is 4.12. The lowest BCUT2D eigenvalue weighted by atomic mass is 10.1. The van der Waals surface area contributed by atoms with Gasteiger partial charge < -0.3 is 4.74 Å². The fraction of sp³-hybridized carbons (Fsp3) is 0.208. The van der Waals surface area contributed by atoms with Crippen LogP contribution in [-0.4, -0.2) is 16.7 Å². The number of benzene rings is 2. The molecule has 0 aliphatic heterocycles. The molecule has 1 aromatic heterocycles. The van der Waals surface area contributed by atoms with E-state index in [-0.39, 0.29) is 5.78 Å². The van der Waals surface area contributed by atoms with Gasteiger partial charge in [0.2, 0.25) is 5.78 Å². The number of aromatic nitrogens is 1. The number of hydrogen-bond acceptors (Lipinski definition) is 4. The van der Waals surface area contributed by atoms with E-state index in [1.165, 1.54) is 11.8 Å². The highest BCUT2D eigenvalue weighted by atomic mass is 16.5. The Bertz CT molecular complexity index is 943. The van der Waals surface area contributed by atoms with E-state index in [2.05, 4.69) is 11.9 Å². The van der Waals surface area contributed by atoms with Crippen molar-refractivity contribution in [3.63, 3.8) is 0 Å². The molecular weight excluding hydrogens is 350 g/mol. The summed E-state index contributed by atoms with van der Waals surface area (Å²) in [4.78, 5) is 28.9. The van der Waals surface area contributed by atoms with Gasteiger partial charge in [0.15, 0.2) is 0 Å². The minimum Gasteiger partial charge on any atom is -0.423 e. The molecular formula is C24H23NO3. The zero-order valence-electron chi connectivity index (χ0n) is 16.1. The molecule has 3 aromatic rings. The number of hydrogen-bond donors (Lipinski definition) is 0. The lowest BCUT2D eigenvalue weighted by Gasteiger charge is -2.06. The van der Waals surface area contributed by atoms with Crippen molar-refractivity contribution in [1.82, 2.24) is 4.98 Å². The number of nitrogens with zero attached hydrogens (tertiary/aromatic N) is 1. The molecule has 0 unspecified atom stereocenters. The maximum atomic E-state index is 12.5. The first kappa shape index (κ1) is 19.5. The van der Waals surface area contributed by atoms with Crippen molar-refractivity contribution in [1.29, 1.82) is 0 Å². The zero-order valence-corrected chi connectivity index (χ0v) is 16.1. The monoisotopic (exact) mass is 373 g/mol. The van der Waals surface area contributed by atoms with Gasteiger partial charge >= 0.3 is 5.97 Å². The average Bonchev–Trinajstić information content (AvgIpc) is 2.73. The van der Waals surface area contributed by atoms with Gasteiger partial charge in [0.1, 0.15) is 11.4 Å². The predicted octanol–water partition coefficient (Wildman–Crippen LogP) is 5.18. The smallest absolute Gasteiger partial charge is 0.345 e. The average molecular weight is 373 g/mol. The molecule has 0 spiro atoms. The van der Waals surface area contributed by atoms with Gasteiger partial charge in [-0.3, -0.25) is 9.78 Å². The van der Waals surface area contributed by atoms with Crippen molar-refractivity contribution in [2.75, 3.05) is 0 Å². The van der Waals surface area contributed by atoms with Crippen molar-refractivity contribution >= 4 is 11.8 Å². The first-order valence-electron chi connectivity index (χ1n) is 9.45. The van der Waals surface area contributed by atoms with Gasteiger partial charge in [-0.25, -0.2) is 4.79 Å². The SMILES string of the molecule is CCCCc1ccc(OC(=O)c2ccc(C(=O)c3ccc(C)cc3)nc2)cc1. The van der Waals surface area contributed by atoms with E-state index in [9.17, 15) is 9.59 Å². The van der Waals surface area contributed by atoms with Gasteiger partial charge in [0.25, 0.3) is 0 Å². The van der Waals surface area contributed by atoms with Crippen LogP contribution >= 0.6 is 0 Å². The van der Waals surface area contributed by atoms with E-state index in [1.807, 2.05) is 31.2 Å². The molecule has 28 heavy (non-hydrogen) atoms. The third-order valence-corrected chi connectivity index (χ3v) is 4.50. The van der Waals surface area contributed by atoms with Crippen LogP contribution in [0.1, 0.15) is 57.3 Å². The zero-order chi connectivity index (χ0) is 19.9. The third kappa shape index (κ3) is 4.92. The molecule has 0 fully saturated rings. The molecule has 3 rings (SSSR count). The van der Waals surface area contributed by atoms with Crippen molar-refractivity contribution in [3.8, 4) is 5.75 Å². The number of esters is 1. The second-order valence-corrected chi connectivity index (χ2v) is 6.76. The third-order valence-electron chi connectivity index (χ3n) is 4.50. The van der Waals surface area contributed by atoms with Crippen LogP contribution in [0.5, 0.6) is 5.75 Å². The topological polar surface area (TPSA) is 56.3 Å². The number of unbranched alkanes of at least 4 members (excludes halogenated alkanes) is 1. The Hall–Kier alpha value is -3.27. The van der Waals surface area contributed by atoms with Crippen LogP contribution < -0.4 is 4.74 Å². The molecule has 0 bridgehead atoms. The maximum absolute atomic E-state index is 12.5. The van der Waals surface area contributed by atoms with Gasteiger partial charge in [0.05, 0.1) is 5.56 Å². The molecule has 1 heterocycles. The van der Waals surface area contributed by atoms with Gasteiger partial charge in [-0.05, 0) is 49.6 Å². The highest BCUT2D eigenvalue weighted by Crippen LogP contribution is 2.16. The Morgan fingerprint density at radius 2 is 1.57 bits per heavy atom. The van der Waals surface area contributed by atoms with Crippen molar-refractivity contribution in [3.05, 3.63) is 94.8 Å². The summed E-state index contributed by atoms with van der Waals surface area (Å²) in [6.07, 6.45) is 4.68. The Labute approximate surface area is 165 Å². The molecule has 0 atom stereocenters. The van der Waals surface area contributed by atoms with Crippen LogP contribution in [0, 0.1) is 6.92 Å². The second-order valence-electron chi connectivity index (χ2n) is 6.76. The van der Waals surface area contributed by atoms with Crippen LogP contribution in [0.25, 0.3) is 0 Å². The quantitative estimate of drug-likeness (QED) is 0.325. The predicted molar refractivity (Wildman–Crippen MR) is 109 cm³/mol. The molecule has 0 radical (unpaired) electrons. The number of aryl methyl sites for hydroxylation is 2. The number of ether oxygens (including phenoxy) is 1. The first-order chi connectivity index (χ1) is 13.6. The standard InChI is InChI=1S/C24H23NO3/c1-3-4-5-18-8-13-21(14-9-18)28-24(27)20-12-15-22(25-16-20)23(26)19-10-6-17(2)7-11-19/h6-16H,3-5H2,1-2H3. The first-order valence-corrected chi connectivity index (χ1v) is 9.45. The molecule has 2 aromatic carbocycles. The lowest BCUT2D eigenvalue weighted by molar-refractivity contribution is 0.0733. The summed E-state index contributed by atoms with van der Waals surface area (Å²) in [7, 11) is 0. The van der Waals surface area contributed by atoms with Crippen molar-refractivity contribution in [2.45, 2.75) is 33.1 Å². The summed E-state index contributed by atoms with van der Waals surface area (Å²) in [5.41, 5.74) is 3.47. The Morgan fingerprint density at radius 3 is 2.18 bits per heavy atom. The minimum atomic E-state index is -0.497. The van der Waals surface area contributed by atoms with E-state index >= 15 is 0 Å². The van der Waals surface area contributed by atoms with Crippen LogP contribution in [0.2, 0.25) is 0 Å². The largest absolute Gasteiger partial charge is 0.423 e. The minimum absolute atomic E-state index is 0.178. The molecule has 142 valence electrons. The molecule has 0 aliphatic carbocycles. The Morgan fingerprint density at radius 1 is 0.893 bits per heavy atom. The van der Waals surface area contributed by atoms with Crippen LogP contribution in [0.4, 0.5) is 0 Å². The van der Waals surface area contributed by atoms with Crippen LogP contribution in [-0.2, 0) is 6.42 Å². The highest BCUT2D eigenvalue weighted by Gasteiger charge is 2.13. The van der Waals surface area contributed by atoms with E-state index in [4.69, 9.17) is 4.74 Å². The molecule has 0 saturated heterocycles. The number of ketones is 1. The van der Waals surface area contributed by atoms with Gasteiger partial charge in [-0.15, -0.1) is 0 Å². The molecule has 0 amide bonds. The number of pyridine rings is 1. The van der Waals surface area contributed by atoms with Gasteiger partial charge in [0, 0.05) is 11.8 Å². The Balaban J connectivity index is 1.64. The van der Waals surface area contributed by atoms with E-state index in [0.29, 0.717) is 22.6 Å². The highest BCUT2D eigenvalue weighted by molar-refractivity contribution is 6.08. The molecule has 0 N–H and O–H groups in total. The molecule has 4 nitrogen and oxygen atoms in total. The fourth-order valence-corrected chi connectivity index (χ4v) is 2.77. The molecule has 0 saturated carbocycles. The van der Waals surface area contributed by atoms with Crippen molar-refractivity contribution in [2.24, 2.45) is 0 Å². The second kappa shape index (κ2) is 9.09. The summed E-state index contributed by atoms with van der Waals surface area (Å²) in [5.74, 6) is -0.184. The fourth-order valence-electron chi connectivity index (χ4n) is 2.77. The van der Waals surface area contributed by atoms with E-state index < -0.39 is 5.97 Å². The summed E-state index contributed by atoms with van der Waals surface area (Å²) >= 11 is 0. The summed E-state index contributed by atoms with van der Waals surface area (Å²) < 4.78 is 5.39. The van der Waals surface area contributed by atoms with Crippen LogP contribution in [0.3, 0.4) is 0 Å². The van der Waals surface area contributed by atoms with E-state index in [0.717, 1.165) is 24.8 Å². The Kier molecular flexibility index (Phi) is 6.33. The normalized spacial score (nSPS) is 10.5. The number of carbonyl (C=O) groups excluding carboxylic acids is 2. The molecule has 4 heteroatoms. The van der Waals surface area contributed by atoms with E-state index in [1.54, 1.807) is 36.4 Å². The van der Waals surface area contributed by atoms with Gasteiger partial charge in [-0.1, -0.05) is 55.3 Å². The van der Waals surface area contributed by atoms with Gasteiger partial charge in [-0.2, -0.15) is 0 Å². The lowest BCUT2D eigenvalue weighted by Crippen LogP contribution is -2.11. The number of rotatable bonds is 7. The summed E-state index contributed by atoms with van der Waals surface area (Å²) in [6, 6.07) is 18.0. The van der Waals surface area contributed by atoms with Crippen LogP contribution in [0.15, 0.2) is 66.9 Å². The molecule has 0 aliphatic rings. The number of carbonyl (C=O) groups is 2. The summed E-state index contributed by atoms with van der Waals surface area (Å²) in [5, 5.41) is 0. The van der Waals surface area contributed by atoms with Crippen molar-refractivity contribution < 1.29 is 14.3 Å². The maximum Gasteiger partial charge on any atom is 0.345 e.